The van der Waals surface area contributed by atoms with E-state index in [2.05, 4.69) is 33.0 Å². The largest absolute Gasteiger partial charge is 0.378 e. The van der Waals surface area contributed by atoms with Crippen LogP contribution in [0.1, 0.15) is 68.9 Å². The van der Waals surface area contributed by atoms with Gasteiger partial charge >= 0.3 is 0 Å². The maximum atomic E-state index is 14.0. The number of fused-ring (bicyclic) bond motifs is 1. The molecule has 3 rings (SSSR count). The molecule has 1 aliphatic rings. The average molecular weight is 369 g/mol. The van der Waals surface area contributed by atoms with Crippen LogP contribution in [0.15, 0.2) is 36.4 Å². The van der Waals surface area contributed by atoms with Crippen LogP contribution < -0.4 is 5.32 Å². The van der Waals surface area contributed by atoms with E-state index >= 15 is 0 Å². The highest BCUT2D eigenvalue weighted by Gasteiger charge is 2.37. The van der Waals surface area contributed by atoms with Gasteiger partial charge in [-0.2, -0.15) is 0 Å². The molecule has 0 aliphatic heterocycles. The molecule has 0 saturated heterocycles. The number of carbonyl (C=O) groups is 1. The van der Waals surface area contributed by atoms with Gasteiger partial charge in [0, 0.05) is 0 Å². The predicted molar refractivity (Wildman–Crippen MR) is 106 cm³/mol. The molecule has 0 aromatic heterocycles. The molecule has 144 valence electrons. The number of carbonyl (C=O) groups excluding carboxylic acids is 1. The molecular weight excluding hydrogens is 341 g/mol. The lowest BCUT2D eigenvalue weighted by Gasteiger charge is -2.42. The fourth-order valence-corrected chi connectivity index (χ4v) is 3.85. The minimum absolute atomic E-state index is 0.0138. The maximum Gasteiger partial charge on any atom is 0.257 e. The molecule has 2 N–H and O–H groups in total. The van der Waals surface area contributed by atoms with Crippen LogP contribution in [-0.4, -0.2) is 11.0 Å². The van der Waals surface area contributed by atoms with Gasteiger partial charge in [-0.15, -0.1) is 0 Å². The molecule has 0 heterocycles. The number of aliphatic hydroxyl groups excluding tert-OH is 1. The van der Waals surface area contributed by atoms with Crippen molar-refractivity contribution >= 4 is 11.6 Å². The molecule has 2 aromatic rings. The van der Waals surface area contributed by atoms with Gasteiger partial charge in [0.15, 0.2) is 6.10 Å². The monoisotopic (exact) mass is 369 g/mol. The van der Waals surface area contributed by atoms with Gasteiger partial charge in [0.05, 0.1) is 5.69 Å². The van der Waals surface area contributed by atoms with E-state index in [-0.39, 0.29) is 16.5 Å². The van der Waals surface area contributed by atoms with Crippen LogP contribution in [0, 0.1) is 12.7 Å². The van der Waals surface area contributed by atoms with E-state index in [0.717, 1.165) is 18.4 Å². The van der Waals surface area contributed by atoms with E-state index in [1.807, 2.05) is 12.1 Å². The Balaban J connectivity index is 1.89. The highest BCUT2D eigenvalue weighted by molar-refractivity contribution is 5.94. The molecule has 1 amide bonds. The van der Waals surface area contributed by atoms with Crippen LogP contribution in [0.25, 0.3) is 0 Å². The molecule has 0 radical (unpaired) electrons. The topological polar surface area (TPSA) is 49.3 Å². The van der Waals surface area contributed by atoms with Gasteiger partial charge in [0.1, 0.15) is 5.82 Å². The molecule has 0 bridgehead atoms. The van der Waals surface area contributed by atoms with Crippen LogP contribution in [0.2, 0.25) is 0 Å². The number of amides is 1. The van der Waals surface area contributed by atoms with E-state index in [1.54, 1.807) is 19.1 Å². The van der Waals surface area contributed by atoms with E-state index in [0.29, 0.717) is 5.56 Å². The van der Waals surface area contributed by atoms with Crippen molar-refractivity contribution in [3.63, 3.8) is 0 Å². The van der Waals surface area contributed by atoms with Crippen LogP contribution in [0.4, 0.5) is 10.1 Å². The number of halogens is 1. The molecule has 1 unspecified atom stereocenters. The third kappa shape index (κ3) is 3.77. The van der Waals surface area contributed by atoms with Gasteiger partial charge in [0.2, 0.25) is 0 Å². The first-order valence-electron chi connectivity index (χ1n) is 9.41. The predicted octanol–water partition coefficient (Wildman–Crippen LogP) is 5.16. The molecule has 4 heteroatoms. The second-order valence-electron chi connectivity index (χ2n) is 8.95. The second-order valence-corrected chi connectivity index (χ2v) is 8.95. The van der Waals surface area contributed by atoms with Gasteiger partial charge in [-0.3, -0.25) is 4.79 Å². The molecule has 0 saturated carbocycles. The summed E-state index contributed by atoms with van der Waals surface area (Å²) in [4.78, 5) is 12.5. The number of nitrogens with one attached hydrogen (secondary N) is 1. The lowest BCUT2D eigenvalue weighted by atomic mass is 9.63. The normalized spacial score (nSPS) is 18.5. The molecule has 0 spiro atoms. The molecule has 2 aromatic carbocycles. The molecule has 27 heavy (non-hydrogen) atoms. The summed E-state index contributed by atoms with van der Waals surface area (Å²) in [5.41, 5.74) is 3.87. The highest BCUT2D eigenvalue weighted by atomic mass is 19.1. The summed E-state index contributed by atoms with van der Waals surface area (Å²) >= 11 is 0. The number of rotatable bonds is 3. The maximum absolute atomic E-state index is 14.0. The lowest BCUT2D eigenvalue weighted by Crippen LogP contribution is -2.34. The first-order chi connectivity index (χ1) is 12.5. The number of aryl methyl sites for hydroxylation is 1. The van der Waals surface area contributed by atoms with Gasteiger partial charge < -0.3 is 10.4 Å². The van der Waals surface area contributed by atoms with Crippen molar-refractivity contribution in [2.24, 2.45) is 0 Å². The van der Waals surface area contributed by atoms with Crippen molar-refractivity contribution in [3.05, 3.63) is 64.5 Å². The Hall–Kier alpha value is -2.20. The standard InChI is InChI=1S/C23H28FNO2/c1-14-6-9-19(18(24)12-14)25-21(27)20(26)15-7-8-16-17(13-15)23(4,5)11-10-22(16,2)3/h6-9,12-13,20,26H,10-11H2,1-5H3,(H,25,27). The SMILES string of the molecule is Cc1ccc(NC(=O)C(O)c2ccc3c(c2)C(C)(C)CCC3(C)C)c(F)c1. The van der Waals surface area contributed by atoms with Crippen molar-refractivity contribution in [1.29, 1.82) is 0 Å². The summed E-state index contributed by atoms with van der Waals surface area (Å²) in [6.07, 6.45) is 0.798. The number of aliphatic hydroxyl groups is 1. The fraction of sp³-hybridized carbons (Fsp3) is 0.435. The minimum atomic E-state index is -1.35. The molecule has 1 aliphatic carbocycles. The Bertz CT molecular complexity index is 886. The van der Waals surface area contributed by atoms with Gasteiger partial charge in [-0.25, -0.2) is 4.39 Å². The summed E-state index contributed by atoms with van der Waals surface area (Å²) in [5.74, 6) is -1.14. The lowest BCUT2D eigenvalue weighted by molar-refractivity contribution is -0.124. The zero-order valence-electron chi connectivity index (χ0n) is 16.7. The van der Waals surface area contributed by atoms with E-state index < -0.39 is 17.8 Å². The number of hydrogen-bond acceptors (Lipinski definition) is 2. The Morgan fingerprint density at radius 2 is 1.67 bits per heavy atom. The summed E-state index contributed by atoms with van der Waals surface area (Å²) in [6.45, 7) is 10.6. The summed E-state index contributed by atoms with van der Waals surface area (Å²) in [7, 11) is 0. The zero-order chi connectivity index (χ0) is 20.0. The Kier molecular flexibility index (Phi) is 4.89. The van der Waals surface area contributed by atoms with Crippen LogP contribution in [0.3, 0.4) is 0 Å². The fourth-order valence-electron chi connectivity index (χ4n) is 3.85. The number of anilines is 1. The summed E-state index contributed by atoms with van der Waals surface area (Å²) in [6, 6.07) is 10.3. The van der Waals surface area contributed by atoms with Crippen molar-refractivity contribution < 1.29 is 14.3 Å². The molecule has 0 fully saturated rings. The third-order valence-electron chi connectivity index (χ3n) is 5.82. The van der Waals surface area contributed by atoms with E-state index in [1.165, 1.54) is 23.3 Å². The summed E-state index contributed by atoms with van der Waals surface area (Å²) in [5, 5.41) is 13.1. The smallest absolute Gasteiger partial charge is 0.257 e. The van der Waals surface area contributed by atoms with E-state index in [4.69, 9.17) is 0 Å². The average Bonchev–Trinajstić information content (AvgIpc) is 2.60. The van der Waals surface area contributed by atoms with Crippen LogP contribution >= 0.6 is 0 Å². The zero-order valence-corrected chi connectivity index (χ0v) is 16.7. The van der Waals surface area contributed by atoms with Gasteiger partial charge in [-0.05, 0) is 65.0 Å². The van der Waals surface area contributed by atoms with Crippen molar-refractivity contribution in [2.75, 3.05) is 5.32 Å². The molecular formula is C23H28FNO2. The van der Waals surface area contributed by atoms with Crippen molar-refractivity contribution in [3.8, 4) is 0 Å². The van der Waals surface area contributed by atoms with Gasteiger partial charge in [0.25, 0.3) is 5.91 Å². The first kappa shape index (κ1) is 19.6. The highest BCUT2D eigenvalue weighted by Crippen LogP contribution is 2.46. The second kappa shape index (κ2) is 6.75. The molecule has 1 atom stereocenters. The van der Waals surface area contributed by atoms with Crippen molar-refractivity contribution in [2.45, 2.75) is 64.4 Å². The minimum Gasteiger partial charge on any atom is -0.378 e. The Morgan fingerprint density at radius 3 is 2.30 bits per heavy atom. The first-order valence-corrected chi connectivity index (χ1v) is 9.41. The Morgan fingerprint density at radius 1 is 1.04 bits per heavy atom. The van der Waals surface area contributed by atoms with E-state index in [9.17, 15) is 14.3 Å². The summed E-state index contributed by atoms with van der Waals surface area (Å²) < 4.78 is 14.0. The van der Waals surface area contributed by atoms with Crippen LogP contribution in [-0.2, 0) is 15.6 Å². The van der Waals surface area contributed by atoms with Gasteiger partial charge in [-0.1, -0.05) is 52.0 Å². The van der Waals surface area contributed by atoms with Crippen LogP contribution in [0.5, 0.6) is 0 Å². The number of benzene rings is 2. The van der Waals surface area contributed by atoms with Crippen molar-refractivity contribution in [1.82, 2.24) is 0 Å². The third-order valence-corrected chi connectivity index (χ3v) is 5.82. The number of hydrogen-bond donors (Lipinski definition) is 2. The molecule has 3 nitrogen and oxygen atoms in total. The quantitative estimate of drug-likeness (QED) is 0.785. The Labute approximate surface area is 160 Å².